The van der Waals surface area contributed by atoms with E-state index in [1.807, 2.05) is 0 Å². The maximum atomic E-state index is 14.0. The highest BCUT2D eigenvalue weighted by Gasteiger charge is 2.17. The molecule has 3 aromatic carbocycles. The van der Waals surface area contributed by atoms with Crippen LogP contribution in [0, 0.1) is 15.9 Å². The fourth-order valence-corrected chi connectivity index (χ4v) is 3.44. The van der Waals surface area contributed by atoms with Crippen LogP contribution in [-0.4, -0.2) is 22.4 Å². The molecule has 0 radical (unpaired) electrons. The number of nitro groups is 1. The highest BCUT2D eigenvalue weighted by atomic mass is 35.5. The zero-order valence-electron chi connectivity index (χ0n) is 16.2. The lowest BCUT2D eigenvalue weighted by Gasteiger charge is -2.24. The molecule has 31 heavy (non-hydrogen) atoms. The van der Waals surface area contributed by atoms with Crippen LogP contribution in [0.5, 0.6) is 0 Å². The molecule has 160 valence electrons. The first-order chi connectivity index (χ1) is 14.8. The molecule has 0 aliphatic carbocycles. The van der Waals surface area contributed by atoms with Gasteiger partial charge in [0.05, 0.1) is 10.6 Å². The van der Waals surface area contributed by atoms with Gasteiger partial charge in [0.15, 0.2) is 0 Å². The molecule has 0 atom stereocenters. The zero-order valence-corrected chi connectivity index (χ0v) is 17.7. The molecule has 0 unspecified atom stereocenters. The van der Waals surface area contributed by atoms with Crippen molar-refractivity contribution in [2.75, 3.05) is 11.9 Å². The Kier molecular flexibility index (Phi) is 7.44. The van der Waals surface area contributed by atoms with E-state index in [1.165, 1.54) is 35.2 Å². The number of non-ortho nitro benzene ring substituents is 1. The number of amides is 2. The summed E-state index contributed by atoms with van der Waals surface area (Å²) in [5, 5.41) is 14.4. The molecule has 3 aromatic rings. The minimum absolute atomic E-state index is 0.0425. The van der Waals surface area contributed by atoms with Gasteiger partial charge < -0.3 is 10.2 Å². The van der Waals surface area contributed by atoms with Crippen LogP contribution in [0.25, 0.3) is 0 Å². The Morgan fingerprint density at radius 2 is 1.77 bits per heavy atom. The summed E-state index contributed by atoms with van der Waals surface area (Å²) in [7, 11) is 0. The van der Waals surface area contributed by atoms with Crippen molar-refractivity contribution in [1.29, 1.82) is 0 Å². The van der Waals surface area contributed by atoms with E-state index in [0.29, 0.717) is 22.0 Å². The van der Waals surface area contributed by atoms with Crippen molar-refractivity contribution >= 4 is 40.6 Å². The average Bonchev–Trinajstić information content (AvgIpc) is 2.74. The molecule has 2 amide bonds. The molecule has 0 heterocycles. The Balaban J connectivity index is 1.78. The Bertz CT molecular complexity index is 1090. The Hall–Kier alpha value is -3.16. The van der Waals surface area contributed by atoms with E-state index < -0.39 is 16.8 Å². The Morgan fingerprint density at radius 3 is 2.42 bits per heavy atom. The molecule has 9 heteroatoms. The van der Waals surface area contributed by atoms with Gasteiger partial charge in [-0.2, -0.15) is 0 Å². The van der Waals surface area contributed by atoms with Crippen molar-refractivity contribution in [3.63, 3.8) is 0 Å². The van der Waals surface area contributed by atoms with Crippen molar-refractivity contribution in [3.05, 3.63) is 104 Å². The lowest BCUT2D eigenvalue weighted by atomic mass is 10.1. The van der Waals surface area contributed by atoms with Crippen LogP contribution < -0.4 is 5.32 Å². The maximum Gasteiger partial charge on any atom is 0.322 e. The molecule has 6 nitrogen and oxygen atoms in total. The fraction of sp³-hybridized carbons (Fsp3) is 0.136. The van der Waals surface area contributed by atoms with Crippen LogP contribution in [-0.2, 0) is 13.0 Å². The standard InChI is InChI=1S/C22H18Cl2FN3O3/c23-17-8-7-16(19(24)13-17)11-12-27(14-15-5-9-18(10-6-15)28(30)31)22(29)26-21-4-2-1-3-20(21)25/h1-10,13H,11-12,14H2,(H,26,29). The number of urea groups is 1. The van der Waals surface area contributed by atoms with E-state index in [-0.39, 0.29) is 24.5 Å². The third kappa shape index (κ3) is 6.16. The smallest absolute Gasteiger partial charge is 0.320 e. The number of nitrogens with zero attached hydrogens (tertiary/aromatic N) is 2. The second-order valence-electron chi connectivity index (χ2n) is 6.74. The van der Waals surface area contributed by atoms with Crippen LogP contribution in [0.15, 0.2) is 66.7 Å². The summed E-state index contributed by atoms with van der Waals surface area (Å²) in [6, 6.07) is 16.4. The number of carbonyl (C=O) groups excluding carboxylic acids is 1. The van der Waals surface area contributed by atoms with Gasteiger partial charge in [0.25, 0.3) is 5.69 Å². The van der Waals surface area contributed by atoms with Crippen LogP contribution in [0.2, 0.25) is 10.0 Å². The monoisotopic (exact) mass is 461 g/mol. The van der Waals surface area contributed by atoms with E-state index >= 15 is 0 Å². The molecule has 0 fully saturated rings. The van der Waals surface area contributed by atoms with Crippen LogP contribution in [0.1, 0.15) is 11.1 Å². The maximum absolute atomic E-state index is 14.0. The predicted molar refractivity (Wildman–Crippen MR) is 119 cm³/mol. The lowest BCUT2D eigenvalue weighted by molar-refractivity contribution is -0.384. The van der Waals surface area contributed by atoms with Gasteiger partial charge in [-0.25, -0.2) is 9.18 Å². The number of nitro benzene ring substituents is 1. The highest BCUT2D eigenvalue weighted by molar-refractivity contribution is 6.35. The minimum atomic E-state index is -0.549. The third-order valence-electron chi connectivity index (χ3n) is 4.59. The normalized spacial score (nSPS) is 10.5. The highest BCUT2D eigenvalue weighted by Crippen LogP contribution is 2.22. The molecular formula is C22H18Cl2FN3O3. The van der Waals surface area contributed by atoms with Gasteiger partial charge in [-0.1, -0.05) is 53.5 Å². The summed E-state index contributed by atoms with van der Waals surface area (Å²) >= 11 is 12.2. The summed E-state index contributed by atoms with van der Waals surface area (Å²) in [6.45, 7) is 0.447. The number of hydrogen-bond donors (Lipinski definition) is 1. The van der Waals surface area contributed by atoms with E-state index in [2.05, 4.69) is 5.32 Å². The average molecular weight is 462 g/mol. The summed E-state index contributed by atoms with van der Waals surface area (Å²) < 4.78 is 14.0. The summed E-state index contributed by atoms with van der Waals surface area (Å²) in [4.78, 5) is 24.8. The van der Waals surface area contributed by atoms with Crippen LogP contribution in [0.4, 0.5) is 20.6 Å². The van der Waals surface area contributed by atoms with E-state index in [1.54, 1.807) is 36.4 Å². The Morgan fingerprint density at radius 1 is 1.06 bits per heavy atom. The van der Waals surface area contributed by atoms with E-state index in [4.69, 9.17) is 23.2 Å². The molecule has 0 bridgehead atoms. The fourth-order valence-electron chi connectivity index (χ4n) is 2.93. The second-order valence-corrected chi connectivity index (χ2v) is 7.58. The van der Waals surface area contributed by atoms with Crippen molar-refractivity contribution in [2.45, 2.75) is 13.0 Å². The number of hydrogen-bond acceptors (Lipinski definition) is 3. The quantitative estimate of drug-likeness (QED) is 0.330. The summed E-state index contributed by atoms with van der Waals surface area (Å²) in [5.74, 6) is -0.549. The van der Waals surface area contributed by atoms with Crippen molar-refractivity contribution < 1.29 is 14.1 Å². The summed E-state index contributed by atoms with van der Waals surface area (Å²) in [5.41, 5.74) is 1.51. The molecule has 3 rings (SSSR count). The first-order valence-electron chi connectivity index (χ1n) is 9.31. The number of rotatable bonds is 7. The minimum Gasteiger partial charge on any atom is -0.320 e. The SMILES string of the molecule is O=C(Nc1ccccc1F)N(CCc1ccc(Cl)cc1Cl)Cc1ccc([N+](=O)[O-])cc1. The number of benzene rings is 3. The van der Waals surface area contributed by atoms with Gasteiger partial charge in [0, 0.05) is 35.3 Å². The molecule has 0 spiro atoms. The second kappa shape index (κ2) is 10.2. The van der Waals surface area contributed by atoms with Gasteiger partial charge in [0.2, 0.25) is 0 Å². The predicted octanol–water partition coefficient (Wildman–Crippen LogP) is 6.32. The molecule has 0 aliphatic heterocycles. The van der Waals surface area contributed by atoms with Crippen LogP contribution >= 0.6 is 23.2 Å². The molecular weight excluding hydrogens is 444 g/mol. The molecule has 0 aromatic heterocycles. The first-order valence-corrected chi connectivity index (χ1v) is 10.1. The molecule has 0 saturated carbocycles. The van der Waals surface area contributed by atoms with Gasteiger partial charge in [-0.05, 0) is 41.8 Å². The number of nitrogens with one attached hydrogen (secondary N) is 1. The van der Waals surface area contributed by atoms with Gasteiger partial charge in [0.1, 0.15) is 5.82 Å². The molecule has 0 saturated heterocycles. The zero-order chi connectivity index (χ0) is 22.4. The van der Waals surface area contributed by atoms with Gasteiger partial charge in [-0.15, -0.1) is 0 Å². The summed E-state index contributed by atoms with van der Waals surface area (Å²) in [6.07, 6.45) is 0.438. The largest absolute Gasteiger partial charge is 0.322 e. The van der Waals surface area contributed by atoms with Crippen LogP contribution in [0.3, 0.4) is 0 Å². The van der Waals surface area contributed by atoms with Crippen molar-refractivity contribution in [3.8, 4) is 0 Å². The first kappa shape index (κ1) is 22.5. The number of halogens is 3. The lowest BCUT2D eigenvalue weighted by Crippen LogP contribution is -2.36. The Labute approximate surface area is 188 Å². The number of anilines is 1. The van der Waals surface area contributed by atoms with E-state index in [9.17, 15) is 19.3 Å². The number of para-hydroxylation sites is 1. The number of carbonyl (C=O) groups is 1. The van der Waals surface area contributed by atoms with E-state index in [0.717, 1.165) is 5.56 Å². The molecule has 0 aliphatic rings. The van der Waals surface area contributed by atoms with Crippen molar-refractivity contribution in [1.82, 2.24) is 4.90 Å². The van der Waals surface area contributed by atoms with Gasteiger partial charge in [-0.3, -0.25) is 10.1 Å². The van der Waals surface area contributed by atoms with Gasteiger partial charge >= 0.3 is 6.03 Å². The molecule has 1 N–H and O–H groups in total. The van der Waals surface area contributed by atoms with Crippen molar-refractivity contribution in [2.24, 2.45) is 0 Å². The topological polar surface area (TPSA) is 75.5 Å². The third-order valence-corrected chi connectivity index (χ3v) is 5.18.